The zero-order valence-corrected chi connectivity index (χ0v) is 14.3. The number of aryl methyl sites for hydroxylation is 2. The molecule has 1 fully saturated rings. The summed E-state index contributed by atoms with van der Waals surface area (Å²) in [5.41, 5.74) is 6.59. The van der Waals surface area contributed by atoms with Gasteiger partial charge in [0, 0.05) is 12.5 Å². The molecule has 9 heteroatoms. The van der Waals surface area contributed by atoms with Crippen LogP contribution in [0.15, 0.2) is 0 Å². The van der Waals surface area contributed by atoms with Crippen molar-refractivity contribution in [2.75, 3.05) is 6.54 Å². The van der Waals surface area contributed by atoms with Gasteiger partial charge in [-0.2, -0.15) is 5.10 Å². The number of nitrogens with two attached hydrogens (primary N) is 1. The number of rotatable bonds is 6. The summed E-state index contributed by atoms with van der Waals surface area (Å²) in [6, 6.07) is 0.160. The molecule has 0 aliphatic heterocycles. The number of carbonyl (C=O) groups is 1. The fraction of sp³-hybridized carbons (Fsp3) is 0.714. The minimum absolute atomic E-state index is 0. The average molecular weight is 346 g/mol. The molecule has 8 nitrogen and oxygen atoms in total. The van der Waals surface area contributed by atoms with Crippen LogP contribution in [0.3, 0.4) is 0 Å². The van der Waals surface area contributed by atoms with Gasteiger partial charge in [0.25, 0.3) is 0 Å². The lowest BCUT2D eigenvalue weighted by molar-refractivity contribution is -0.386. The first-order valence-electron chi connectivity index (χ1n) is 7.61. The van der Waals surface area contributed by atoms with Gasteiger partial charge in [0.15, 0.2) is 0 Å². The minimum Gasteiger partial charge on any atom is -0.353 e. The van der Waals surface area contributed by atoms with Crippen molar-refractivity contribution in [1.29, 1.82) is 0 Å². The molecule has 1 aromatic heterocycles. The van der Waals surface area contributed by atoms with Crippen molar-refractivity contribution in [3.63, 3.8) is 0 Å². The van der Waals surface area contributed by atoms with Crippen molar-refractivity contribution in [3.8, 4) is 0 Å². The van der Waals surface area contributed by atoms with Crippen LogP contribution in [-0.4, -0.2) is 33.2 Å². The molecule has 1 aromatic rings. The van der Waals surface area contributed by atoms with Crippen LogP contribution in [0.25, 0.3) is 0 Å². The van der Waals surface area contributed by atoms with E-state index in [1.807, 2.05) is 0 Å². The van der Waals surface area contributed by atoms with Gasteiger partial charge in [0.2, 0.25) is 5.91 Å². The average Bonchev–Trinajstić information content (AvgIpc) is 3.00. The molecule has 23 heavy (non-hydrogen) atoms. The number of nitrogens with zero attached hydrogens (tertiary/aromatic N) is 3. The van der Waals surface area contributed by atoms with Gasteiger partial charge in [-0.3, -0.25) is 19.6 Å². The van der Waals surface area contributed by atoms with Crippen molar-refractivity contribution in [1.82, 2.24) is 15.1 Å². The van der Waals surface area contributed by atoms with E-state index in [2.05, 4.69) is 10.4 Å². The molecule has 2 rings (SSSR count). The second kappa shape index (κ2) is 8.26. The monoisotopic (exact) mass is 345 g/mol. The Morgan fingerprint density at radius 2 is 2.17 bits per heavy atom. The zero-order valence-electron chi connectivity index (χ0n) is 13.4. The molecule has 1 aliphatic carbocycles. The number of carbonyl (C=O) groups excluding carboxylic acids is 1. The molecular weight excluding hydrogens is 322 g/mol. The van der Waals surface area contributed by atoms with Gasteiger partial charge >= 0.3 is 5.69 Å². The van der Waals surface area contributed by atoms with Crippen molar-refractivity contribution in [2.24, 2.45) is 11.7 Å². The van der Waals surface area contributed by atoms with Gasteiger partial charge in [-0.25, -0.2) is 0 Å². The Morgan fingerprint density at radius 1 is 1.48 bits per heavy atom. The Bertz CT molecular complexity index is 575. The van der Waals surface area contributed by atoms with Crippen LogP contribution in [0, 0.1) is 29.9 Å². The number of aromatic nitrogens is 2. The Kier molecular flexibility index (Phi) is 6.96. The molecule has 0 bridgehead atoms. The van der Waals surface area contributed by atoms with E-state index in [1.54, 1.807) is 13.8 Å². The Balaban J connectivity index is 0.00000264. The second-order valence-corrected chi connectivity index (χ2v) is 5.85. The second-order valence-electron chi connectivity index (χ2n) is 5.85. The molecule has 0 radical (unpaired) electrons. The molecule has 0 saturated heterocycles. The molecular formula is C14H24ClN5O3. The zero-order chi connectivity index (χ0) is 16.3. The third-order valence-corrected chi connectivity index (χ3v) is 4.38. The van der Waals surface area contributed by atoms with E-state index in [1.165, 1.54) is 4.68 Å². The number of hydrogen-bond acceptors (Lipinski definition) is 5. The van der Waals surface area contributed by atoms with Gasteiger partial charge in [0.05, 0.1) is 11.5 Å². The maximum Gasteiger partial charge on any atom is 0.312 e. The fourth-order valence-corrected chi connectivity index (χ4v) is 3.16. The number of hydrogen-bond donors (Lipinski definition) is 2. The molecule has 0 spiro atoms. The lowest BCUT2D eigenvalue weighted by Crippen LogP contribution is -2.40. The third kappa shape index (κ3) is 4.42. The summed E-state index contributed by atoms with van der Waals surface area (Å²) in [7, 11) is 0. The van der Waals surface area contributed by atoms with Gasteiger partial charge in [-0.15, -0.1) is 12.4 Å². The quantitative estimate of drug-likeness (QED) is 0.598. The highest BCUT2D eigenvalue weighted by Crippen LogP contribution is 2.25. The fourth-order valence-electron chi connectivity index (χ4n) is 3.16. The van der Waals surface area contributed by atoms with Crippen LogP contribution in [0.1, 0.15) is 37.1 Å². The van der Waals surface area contributed by atoms with Crippen LogP contribution in [0.5, 0.6) is 0 Å². The van der Waals surface area contributed by atoms with Crippen LogP contribution >= 0.6 is 12.4 Å². The van der Waals surface area contributed by atoms with Crippen LogP contribution in [-0.2, 0) is 11.3 Å². The van der Waals surface area contributed by atoms with E-state index in [0.717, 1.165) is 19.3 Å². The summed E-state index contributed by atoms with van der Waals surface area (Å²) >= 11 is 0. The van der Waals surface area contributed by atoms with E-state index in [4.69, 9.17) is 5.73 Å². The topological polar surface area (TPSA) is 116 Å². The predicted octanol–water partition coefficient (Wildman–Crippen LogP) is 1.46. The summed E-state index contributed by atoms with van der Waals surface area (Å²) in [5.74, 6) is 0.305. The minimum atomic E-state index is -0.432. The van der Waals surface area contributed by atoms with Crippen LogP contribution < -0.4 is 11.1 Å². The molecule has 2 unspecified atom stereocenters. The van der Waals surface area contributed by atoms with E-state index in [0.29, 0.717) is 30.4 Å². The van der Waals surface area contributed by atoms with Crippen molar-refractivity contribution in [3.05, 3.63) is 21.5 Å². The Labute approximate surface area is 141 Å². The molecule has 1 heterocycles. The summed E-state index contributed by atoms with van der Waals surface area (Å²) < 4.78 is 1.53. The number of nitro groups is 1. The first-order valence-corrected chi connectivity index (χ1v) is 7.61. The van der Waals surface area contributed by atoms with Gasteiger partial charge < -0.3 is 11.1 Å². The van der Waals surface area contributed by atoms with Gasteiger partial charge in [-0.05, 0) is 39.2 Å². The Hall–Kier alpha value is -1.67. The smallest absolute Gasteiger partial charge is 0.312 e. The normalized spacial score (nSPS) is 20.1. The molecule has 1 saturated carbocycles. The maximum absolute atomic E-state index is 12.0. The first kappa shape index (κ1) is 19.4. The van der Waals surface area contributed by atoms with Crippen LogP contribution in [0.4, 0.5) is 5.69 Å². The van der Waals surface area contributed by atoms with Crippen molar-refractivity contribution < 1.29 is 9.72 Å². The number of halogens is 1. The summed E-state index contributed by atoms with van der Waals surface area (Å²) in [6.45, 7) is 4.19. The largest absolute Gasteiger partial charge is 0.353 e. The molecule has 3 N–H and O–H groups in total. The first-order chi connectivity index (χ1) is 10.4. The summed E-state index contributed by atoms with van der Waals surface area (Å²) in [4.78, 5) is 22.6. The van der Waals surface area contributed by atoms with Gasteiger partial charge in [0.1, 0.15) is 11.4 Å². The lowest BCUT2D eigenvalue weighted by Gasteiger charge is -2.19. The summed E-state index contributed by atoms with van der Waals surface area (Å²) in [6.07, 6.45) is 3.38. The SMILES string of the molecule is Cc1nn(CCC(=O)NC2CCCC2CN)c(C)c1[N+](=O)[O-].Cl. The molecule has 0 aromatic carbocycles. The van der Waals surface area contributed by atoms with E-state index < -0.39 is 4.92 Å². The standard InChI is InChI=1S/C14H23N5O3.ClH/c1-9-14(19(21)22)10(2)18(17-9)7-6-13(20)16-12-5-3-4-11(12)8-15;/h11-12H,3-8,15H2,1-2H3,(H,16,20);1H. The molecule has 1 amide bonds. The number of nitrogens with one attached hydrogen (secondary N) is 1. The molecule has 2 atom stereocenters. The highest BCUT2D eigenvalue weighted by atomic mass is 35.5. The maximum atomic E-state index is 12.0. The van der Waals surface area contributed by atoms with Crippen molar-refractivity contribution >= 4 is 24.0 Å². The highest BCUT2D eigenvalue weighted by Gasteiger charge is 2.27. The van der Waals surface area contributed by atoms with E-state index in [9.17, 15) is 14.9 Å². The summed E-state index contributed by atoms with van der Waals surface area (Å²) in [5, 5.41) is 18.1. The van der Waals surface area contributed by atoms with E-state index in [-0.39, 0.29) is 36.5 Å². The third-order valence-electron chi connectivity index (χ3n) is 4.38. The lowest BCUT2D eigenvalue weighted by atomic mass is 10.0. The molecule has 1 aliphatic rings. The molecule has 130 valence electrons. The predicted molar refractivity (Wildman–Crippen MR) is 88.5 cm³/mol. The Morgan fingerprint density at radius 3 is 2.74 bits per heavy atom. The van der Waals surface area contributed by atoms with Gasteiger partial charge in [-0.1, -0.05) is 6.42 Å². The van der Waals surface area contributed by atoms with Crippen molar-refractivity contribution in [2.45, 2.75) is 52.1 Å². The van der Waals surface area contributed by atoms with E-state index >= 15 is 0 Å². The van der Waals surface area contributed by atoms with Crippen LogP contribution in [0.2, 0.25) is 0 Å². The highest BCUT2D eigenvalue weighted by molar-refractivity contribution is 5.85. The number of amides is 1.